The lowest BCUT2D eigenvalue weighted by Gasteiger charge is -2.23. The number of methoxy groups -OCH3 is 1. The second kappa shape index (κ2) is 6.12. The zero-order valence-electron chi connectivity index (χ0n) is 13.3. The third kappa shape index (κ3) is 2.63. The molecule has 1 aromatic carbocycles. The standard InChI is InChI=1S/C17H18N2O3S/c1-4-14-18-10(2)15(23-14)16(20)19-12-8-6-5-7-11(12)9-13(19)17(21)22-3/h5-8,13H,4,9H2,1-3H3/t13-/m1/s1. The van der Waals surface area contributed by atoms with Crippen LogP contribution >= 0.6 is 11.3 Å². The predicted octanol–water partition coefficient (Wildman–Crippen LogP) is 2.76. The van der Waals surface area contributed by atoms with Gasteiger partial charge in [0.1, 0.15) is 10.9 Å². The smallest absolute Gasteiger partial charge is 0.329 e. The first-order valence-electron chi connectivity index (χ1n) is 7.52. The molecule has 2 aromatic rings. The predicted molar refractivity (Wildman–Crippen MR) is 89.0 cm³/mol. The van der Waals surface area contributed by atoms with E-state index in [9.17, 15) is 9.59 Å². The maximum absolute atomic E-state index is 13.1. The Morgan fingerprint density at radius 3 is 2.78 bits per heavy atom. The van der Waals surface area contributed by atoms with Gasteiger partial charge < -0.3 is 4.74 Å². The number of rotatable bonds is 3. The van der Waals surface area contributed by atoms with Crippen molar-refractivity contribution >= 4 is 28.9 Å². The van der Waals surface area contributed by atoms with E-state index in [-0.39, 0.29) is 5.91 Å². The third-order valence-electron chi connectivity index (χ3n) is 4.01. The van der Waals surface area contributed by atoms with Crippen molar-refractivity contribution in [1.29, 1.82) is 0 Å². The number of carbonyl (C=O) groups is 2. The molecule has 1 aromatic heterocycles. The van der Waals surface area contributed by atoms with E-state index >= 15 is 0 Å². The Bertz CT molecular complexity index is 769. The number of para-hydroxylation sites is 1. The number of aryl methyl sites for hydroxylation is 2. The Kier molecular flexibility index (Phi) is 4.17. The molecule has 0 unspecified atom stereocenters. The summed E-state index contributed by atoms with van der Waals surface area (Å²) in [4.78, 5) is 31.8. The van der Waals surface area contributed by atoms with E-state index in [0.717, 1.165) is 22.7 Å². The second-order valence-corrected chi connectivity index (χ2v) is 6.51. The van der Waals surface area contributed by atoms with Gasteiger partial charge in [-0.2, -0.15) is 0 Å². The van der Waals surface area contributed by atoms with Crippen molar-refractivity contribution in [3.8, 4) is 0 Å². The van der Waals surface area contributed by atoms with Crippen LogP contribution in [0.4, 0.5) is 5.69 Å². The van der Waals surface area contributed by atoms with E-state index in [1.165, 1.54) is 18.4 Å². The molecule has 1 amide bonds. The number of fused-ring (bicyclic) bond motifs is 1. The van der Waals surface area contributed by atoms with Crippen LogP contribution in [0, 0.1) is 6.92 Å². The molecule has 0 fully saturated rings. The Hall–Kier alpha value is -2.21. The summed E-state index contributed by atoms with van der Waals surface area (Å²) in [5.74, 6) is -0.576. The minimum atomic E-state index is -0.614. The van der Waals surface area contributed by atoms with Gasteiger partial charge in [0.2, 0.25) is 0 Å². The van der Waals surface area contributed by atoms with Crippen molar-refractivity contribution in [1.82, 2.24) is 4.98 Å². The molecule has 0 radical (unpaired) electrons. The number of hydrogen-bond donors (Lipinski definition) is 0. The van der Waals surface area contributed by atoms with Gasteiger partial charge in [0.15, 0.2) is 0 Å². The molecule has 2 heterocycles. The highest BCUT2D eigenvalue weighted by Gasteiger charge is 2.40. The summed E-state index contributed by atoms with van der Waals surface area (Å²) in [5.41, 5.74) is 2.47. The summed E-state index contributed by atoms with van der Waals surface area (Å²) >= 11 is 1.40. The Morgan fingerprint density at radius 2 is 2.13 bits per heavy atom. The molecule has 0 aliphatic carbocycles. The molecule has 23 heavy (non-hydrogen) atoms. The van der Waals surface area contributed by atoms with E-state index in [1.807, 2.05) is 38.1 Å². The number of benzene rings is 1. The molecule has 3 rings (SSSR count). The number of thiazole rings is 1. The number of carbonyl (C=O) groups excluding carboxylic acids is 2. The first-order valence-corrected chi connectivity index (χ1v) is 8.34. The average molecular weight is 330 g/mol. The summed E-state index contributed by atoms with van der Waals surface area (Å²) in [6.07, 6.45) is 1.27. The minimum absolute atomic E-state index is 0.181. The SMILES string of the molecule is CCc1nc(C)c(C(=O)N2c3ccccc3C[C@@H]2C(=O)OC)s1. The van der Waals surface area contributed by atoms with Crippen molar-refractivity contribution in [3.63, 3.8) is 0 Å². The van der Waals surface area contributed by atoms with E-state index in [0.29, 0.717) is 17.0 Å². The highest BCUT2D eigenvalue weighted by atomic mass is 32.1. The fourth-order valence-electron chi connectivity index (χ4n) is 2.87. The summed E-state index contributed by atoms with van der Waals surface area (Å²) in [6.45, 7) is 3.84. The number of aromatic nitrogens is 1. The Labute approximate surface area is 138 Å². The fraction of sp³-hybridized carbons (Fsp3) is 0.353. The van der Waals surface area contributed by atoms with E-state index in [1.54, 1.807) is 4.90 Å². The Balaban J connectivity index is 2.04. The lowest BCUT2D eigenvalue weighted by atomic mass is 10.1. The second-order valence-electron chi connectivity index (χ2n) is 5.42. The van der Waals surface area contributed by atoms with Crippen molar-refractivity contribution in [2.75, 3.05) is 12.0 Å². The number of hydrogen-bond acceptors (Lipinski definition) is 5. The zero-order chi connectivity index (χ0) is 16.6. The van der Waals surface area contributed by atoms with Gasteiger partial charge >= 0.3 is 5.97 Å². The molecule has 0 spiro atoms. The largest absolute Gasteiger partial charge is 0.467 e. The van der Waals surface area contributed by atoms with Crippen LogP contribution in [0.5, 0.6) is 0 Å². The van der Waals surface area contributed by atoms with Crippen molar-refractivity contribution in [3.05, 3.63) is 45.4 Å². The third-order valence-corrected chi connectivity index (χ3v) is 5.30. The molecule has 120 valence electrons. The summed E-state index contributed by atoms with van der Waals surface area (Å²) < 4.78 is 4.89. The van der Waals surface area contributed by atoms with Crippen LogP contribution in [0.15, 0.2) is 24.3 Å². The van der Waals surface area contributed by atoms with Crippen molar-refractivity contribution in [2.24, 2.45) is 0 Å². The zero-order valence-corrected chi connectivity index (χ0v) is 14.1. The molecule has 0 bridgehead atoms. The highest BCUT2D eigenvalue weighted by molar-refractivity contribution is 7.14. The molecular formula is C17H18N2O3S. The molecule has 1 atom stereocenters. The minimum Gasteiger partial charge on any atom is -0.467 e. The van der Waals surface area contributed by atoms with Gasteiger partial charge in [0.05, 0.1) is 17.8 Å². The maximum atomic E-state index is 13.1. The first-order chi connectivity index (χ1) is 11.1. The summed E-state index contributed by atoms with van der Waals surface area (Å²) in [6, 6.07) is 6.98. The van der Waals surface area contributed by atoms with E-state index < -0.39 is 12.0 Å². The van der Waals surface area contributed by atoms with Crippen molar-refractivity contribution < 1.29 is 14.3 Å². The van der Waals surface area contributed by atoms with Crippen molar-refractivity contribution in [2.45, 2.75) is 32.7 Å². The topological polar surface area (TPSA) is 59.5 Å². The van der Waals surface area contributed by atoms with Crippen LogP contribution in [0.25, 0.3) is 0 Å². The van der Waals surface area contributed by atoms with Crippen LogP contribution in [0.1, 0.15) is 32.9 Å². The van der Waals surface area contributed by atoms with Gasteiger partial charge in [-0.05, 0) is 25.0 Å². The van der Waals surface area contributed by atoms with Gasteiger partial charge in [0.25, 0.3) is 5.91 Å². The highest BCUT2D eigenvalue weighted by Crippen LogP contribution is 2.35. The molecule has 1 aliphatic heterocycles. The maximum Gasteiger partial charge on any atom is 0.329 e. The van der Waals surface area contributed by atoms with Gasteiger partial charge in [-0.25, -0.2) is 9.78 Å². The molecular weight excluding hydrogens is 312 g/mol. The quantitative estimate of drug-likeness (QED) is 0.812. The number of esters is 1. The van der Waals surface area contributed by atoms with Gasteiger partial charge in [0, 0.05) is 12.1 Å². The van der Waals surface area contributed by atoms with Crippen LogP contribution in [0.3, 0.4) is 0 Å². The molecule has 6 heteroatoms. The summed E-state index contributed by atoms with van der Waals surface area (Å²) in [7, 11) is 1.35. The lowest BCUT2D eigenvalue weighted by molar-refractivity contribution is -0.141. The summed E-state index contributed by atoms with van der Waals surface area (Å²) in [5, 5.41) is 0.924. The molecule has 0 N–H and O–H groups in total. The van der Waals surface area contributed by atoms with E-state index in [2.05, 4.69) is 4.98 Å². The van der Waals surface area contributed by atoms with Crippen LogP contribution in [-0.2, 0) is 22.4 Å². The molecule has 0 saturated heterocycles. The number of anilines is 1. The Morgan fingerprint density at radius 1 is 1.39 bits per heavy atom. The lowest BCUT2D eigenvalue weighted by Crippen LogP contribution is -2.43. The van der Waals surface area contributed by atoms with Crippen LogP contribution < -0.4 is 4.90 Å². The number of ether oxygens (including phenoxy) is 1. The monoisotopic (exact) mass is 330 g/mol. The molecule has 5 nitrogen and oxygen atoms in total. The van der Waals surface area contributed by atoms with Gasteiger partial charge in [-0.1, -0.05) is 25.1 Å². The van der Waals surface area contributed by atoms with Gasteiger partial charge in [-0.15, -0.1) is 11.3 Å². The van der Waals surface area contributed by atoms with Crippen LogP contribution in [0.2, 0.25) is 0 Å². The average Bonchev–Trinajstić information content (AvgIpc) is 3.14. The van der Waals surface area contributed by atoms with Gasteiger partial charge in [-0.3, -0.25) is 9.69 Å². The number of nitrogens with zero attached hydrogens (tertiary/aromatic N) is 2. The number of amides is 1. The fourth-order valence-corrected chi connectivity index (χ4v) is 3.81. The first kappa shape index (κ1) is 15.7. The normalized spacial score (nSPS) is 16.3. The van der Waals surface area contributed by atoms with Crippen LogP contribution in [-0.4, -0.2) is 30.0 Å². The molecule has 1 aliphatic rings. The molecule has 0 saturated carbocycles. The van der Waals surface area contributed by atoms with E-state index in [4.69, 9.17) is 4.74 Å².